The summed E-state index contributed by atoms with van der Waals surface area (Å²) in [6, 6.07) is -1.02. The maximum atomic E-state index is 13.3. The minimum Gasteiger partial charge on any atom is -0.454 e. The Morgan fingerprint density at radius 3 is 1.40 bits per heavy atom. The lowest BCUT2D eigenvalue weighted by molar-refractivity contribution is -0.305. The van der Waals surface area contributed by atoms with E-state index in [1.165, 1.54) is 135 Å². The van der Waals surface area contributed by atoms with Crippen LogP contribution in [-0.4, -0.2) is 99.6 Å². The van der Waals surface area contributed by atoms with Crippen molar-refractivity contribution < 1.29 is 49.3 Å². The molecule has 8 atom stereocenters. The molecule has 0 aromatic rings. The van der Waals surface area contributed by atoms with Crippen molar-refractivity contribution in [2.75, 3.05) is 13.2 Å². The Morgan fingerprint density at radius 2 is 0.920 bits per heavy atom. The first-order valence-corrected chi connectivity index (χ1v) is 31.1. The molecule has 0 aliphatic carbocycles. The number of rotatable bonds is 52. The molecule has 0 bridgehead atoms. The molecule has 436 valence electrons. The van der Waals surface area contributed by atoms with E-state index in [2.05, 4.69) is 74.7 Å². The minimum absolute atomic E-state index is 0.116. The molecule has 0 radical (unpaired) electrons. The molecular formula is C64H115NO10. The molecule has 8 unspecified atom stereocenters. The SMILES string of the molecule is CCCCC/C=C\C/C=C\C/C=C\C/C=C\CCCCCCCCCCCC(=O)OC1C(OCC(NC(=O)C(O)CCCCCCCCCCCC)C(O)/C=C/CCCCCCCCCCC)OC(CO)C(O)C1O. The number of amides is 1. The molecule has 0 aromatic carbocycles. The summed E-state index contributed by atoms with van der Waals surface area (Å²) in [5.74, 6) is -1.20. The third-order valence-corrected chi connectivity index (χ3v) is 14.4. The molecule has 0 aromatic heterocycles. The highest BCUT2D eigenvalue weighted by atomic mass is 16.7. The summed E-state index contributed by atoms with van der Waals surface area (Å²) in [6.45, 7) is 5.73. The third-order valence-electron chi connectivity index (χ3n) is 14.4. The van der Waals surface area contributed by atoms with Gasteiger partial charge in [0.2, 0.25) is 5.91 Å². The fraction of sp³-hybridized carbons (Fsp3) is 0.812. The molecule has 1 saturated heterocycles. The van der Waals surface area contributed by atoms with E-state index in [0.29, 0.717) is 19.3 Å². The number of nitrogens with one attached hydrogen (secondary N) is 1. The molecule has 1 fully saturated rings. The Labute approximate surface area is 458 Å². The molecule has 0 spiro atoms. The Bertz CT molecular complexity index is 1450. The van der Waals surface area contributed by atoms with Crippen LogP contribution in [0.5, 0.6) is 0 Å². The van der Waals surface area contributed by atoms with E-state index in [9.17, 15) is 35.1 Å². The summed E-state index contributed by atoms with van der Waals surface area (Å²) in [5.41, 5.74) is 0. The van der Waals surface area contributed by atoms with Gasteiger partial charge in [0.15, 0.2) is 12.4 Å². The van der Waals surface area contributed by atoms with E-state index < -0.39 is 67.4 Å². The van der Waals surface area contributed by atoms with Crippen molar-refractivity contribution in [1.29, 1.82) is 0 Å². The normalized spacial score (nSPS) is 19.6. The molecule has 1 aliphatic heterocycles. The highest BCUT2D eigenvalue weighted by molar-refractivity contribution is 5.80. The standard InChI is InChI=1S/C64H115NO10/c1-4-7-10-13-16-19-22-23-24-25-26-27-28-29-30-31-32-33-34-35-37-40-43-46-49-52-59(69)75-62-61(71)60(70)58(53-66)74-64(62)73-54-55(56(67)50-47-44-41-39-36-20-17-14-11-8-5-2)65-63(72)57(68)51-48-45-42-38-21-18-15-12-9-6-3/h16,19,23-24,26-27,29-30,47,50,55-58,60-62,64,66-68,70-71H,4-15,17-18,20-22,25,28,31-46,48-49,51-54H2,1-3H3,(H,65,72)/b19-16-,24-23-,27-26-,30-29-,50-47+. The van der Waals surface area contributed by atoms with Crippen molar-refractivity contribution in [2.24, 2.45) is 0 Å². The maximum absolute atomic E-state index is 13.3. The van der Waals surface area contributed by atoms with Gasteiger partial charge in [-0.1, -0.05) is 255 Å². The first kappa shape index (κ1) is 70.4. The van der Waals surface area contributed by atoms with Crippen molar-refractivity contribution in [2.45, 2.75) is 320 Å². The van der Waals surface area contributed by atoms with Crippen LogP contribution in [0.25, 0.3) is 0 Å². The van der Waals surface area contributed by atoms with Gasteiger partial charge < -0.3 is 45.1 Å². The van der Waals surface area contributed by atoms with Crippen LogP contribution in [-0.2, 0) is 23.8 Å². The van der Waals surface area contributed by atoms with Crippen molar-refractivity contribution in [3.05, 3.63) is 60.8 Å². The zero-order chi connectivity index (χ0) is 54.7. The number of carbonyl (C=O) groups excluding carboxylic acids is 2. The third kappa shape index (κ3) is 40.2. The van der Waals surface area contributed by atoms with E-state index >= 15 is 0 Å². The van der Waals surface area contributed by atoms with E-state index in [1.807, 2.05) is 6.08 Å². The van der Waals surface area contributed by atoms with Crippen LogP contribution in [0.15, 0.2) is 60.8 Å². The lowest BCUT2D eigenvalue weighted by atomic mass is 9.99. The first-order valence-electron chi connectivity index (χ1n) is 31.1. The molecule has 75 heavy (non-hydrogen) atoms. The number of unbranched alkanes of at least 4 members (excludes halogenated alkanes) is 30. The largest absolute Gasteiger partial charge is 0.454 e. The number of ether oxygens (including phenoxy) is 3. The quantitative estimate of drug-likeness (QED) is 0.0195. The van der Waals surface area contributed by atoms with Gasteiger partial charge in [0.05, 0.1) is 25.4 Å². The van der Waals surface area contributed by atoms with Gasteiger partial charge in [0.25, 0.3) is 0 Å². The van der Waals surface area contributed by atoms with Gasteiger partial charge in [-0.15, -0.1) is 0 Å². The number of carbonyl (C=O) groups is 2. The van der Waals surface area contributed by atoms with Gasteiger partial charge in [-0.25, -0.2) is 0 Å². The van der Waals surface area contributed by atoms with E-state index in [4.69, 9.17) is 14.2 Å². The van der Waals surface area contributed by atoms with Gasteiger partial charge in [0, 0.05) is 6.42 Å². The predicted molar refractivity (Wildman–Crippen MR) is 310 cm³/mol. The monoisotopic (exact) mass is 1060 g/mol. The molecule has 11 heteroatoms. The summed E-state index contributed by atoms with van der Waals surface area (Å²) in [4.78, 5) is 26.5. The smallest absolute Gasteiger partial charge is 0.306 e. The second-order valence-electron chi connectivity index (χ2n) is 21.4. The number of allylic oxidation sites excluding steroid dienone is 9. The molecule has 1 rings (SSSR count). The van der Waals surface area contributed by atoms with Crippen LogP contribution < -0.4 is 5.32 Å². The van der Waals surface area contributed by atoms with E-state index in [-0.39, 0.29) is 13.0 Å². The Kier molecular flexibility index (Phi) is 48.9. The van der Waals surface area contributed by atoms with Crippen LogP contribution in [0.2, 0.25) is 0 Å². The van der Waals surface area contributed by atoms with Gasteiger partial charge in [-0.05, 0) is 70.6 Å². The zero-order valence-corrected chi connectivity index (χ0v) is 48.2. The van der Waals surface area contributed by atoms with Crippen LogP contribution in [0, 0.1) is 0 Å². The highest BCUT2D eigenvalue weighted by Crippen LogP contribution is 2.26. The average molecular weight is 1060 g/mol. The van der Waals surface area contributed by atoms with Crippen LogP contribution in [0.4, 0.5) is 0 Å². The van der Waals surface area contributed by atoms with Crippen molar-refractivity contribution in [3.8, 4) is 0 Å². The summed E-state index contributed by atoms with van der Waals surface area (Å²) in [5, 5.41) is 56.8. The van der Waals surface area contributed by atoms with Crippen LogP contribution in [0.1, 0.15) is 271 Å². The fourth-order valence-corrected chi connectivity index (χ4v) is 9.46. The Balaban J connectivity index is 2.58. The number of hydrogen-bond acceptors (Lipinski definition) is 10. The fourth-order valence-electron chi connectivity index (χ4n) is 9.46. The summed E-state index contributed by atoms with van der Waals surface area (Å²) in [6.07, 6.45) is 54.1. The van der Waals surface area contributed by atoms with Gasteiger partial charge in [-0.3, -0.25) is 9.59 Å². The van der Waals surface area contributed by atoms with Crippen molar-refractivity contribution >= 4 is 11.9 Å². The molecule has 1 amide bonds. The Hall–Kier alpha value is -2.64. The number of aliphatic hydroxyl groups excluding tert-OH is 5. The number of esters is 1. The molecule has 0 saturated carbocycles. The van der Waals surface area contributed by atoms with Gasteiger partial charge in [0.1, 0.15) is 24.4 Å². The molecule has 1 heterocycles. The lowest BCUT2D eigenvalue weighted by Gasteiger charge is -2.41. The maximum Gasteiger partial charge on any atom is 0.306 e. The van der Waals surface area contributed by atoms with Crippen molar-refractivity contribution in [3.63, 3.8) is 0 Å². The molecule has 6 N–H and O–H groups in total. The summed E-state index contributed by atoms with van der Waals surface area (Å²) < 4.78 is 17.6. The van der Waals surface area contributed by atoms with Crippen molar-refractivity contribution in [1.82, 2.24) is 5.32 Å². The predicted octanol–water partition coefficient (Wildman–Crippen LogP) is 14.6. The first-order chi connectivity index (χ1) is 36.7. The molecular weight excluding hydrogens is 943 g/mol. The second-order valence-corrected chi connectivity index (χ2v) is 21.4. The number of aliphatic hydroxyl groups is 5. The summed E-state index contributed by atoms with van der Waals surface area (Å²) in [7, 11) is 0. The lowest BCUT2D eigenvalue weighted by Crippen LogP contribution is -2.61. The van der Waals surface area contributed by atoms with Gasteiger partial charge >= 0.3 is 5.97 Å². The van der Waals surface area contributed by atoms with Gasteiger partial charge in [-0.2, -0.15) is 0 Å². The highest BCUT2D eigenvalue weighted by Gasteiger charge is 2.47. The minimum atomic E-state index is -1.62. The number of hydrogen-bond donors (Lipinski definition) is 6. The average Bonchev–Trinajstić information content (AvgIpc) is 3.41. The van der Waals surface area contributed by atoms with E-state index in [0.717, 1.165) is 89.9 Å². The zero-order valence-electron chi connectivity index (χ0n) is 48.2. The van der Waals surface area contributed by atoms with Crippen LogP contribution in [0.3, 0.4) is 0 Å². The van der Waals surface area contributed by atoms with E-state index in [1.54, 1.807) is 6.08 Å². The molecule has 11 nitrogen and oxygen atoms in total. The Morgan fingerprint density at radius 1 is 0.520 bits per heavy atom. The topological polar surface area (TPSA) is 175 Å². The summed E-state index contributed by atoms with van der Waals surface area (Å²) >= 11 is 0. The molecule has 1 aliphatic rings. The van der Waals surface area contributed by atoms with Crippen LogP contribution >= 0.6 is 0 Å². The second kappa shape index (κ2) is 52.1.